The average Bonchev–Trinajstić information content (AvgIpc) is 3.05. The number of aryl methyl sites for hydroxylation is 1. The topological polar surface area (TPSA) is 43.8 Å². The van der Waals surface area contributed by atoms with Gasteiger partial charge in [-0.3, -0.25) is 4.99 Å². The molecular formula is C18H24FN5S. The zero-order valence-corrected chi connectivity index (χ0v) is 15.5. The number of anilines is 1. The zero-order valence-electron chi connectivity index (χ0n) is 14.7. The average molecular weight is 361 g/mol. The molecule has 2 heterocycles. The van der Waals surface area contributed by atoms with Crippen LogP contribution in [0.1, 0.15) is 9.88 Å². The molecule has 134 valence electrons. The first-order chi connectivity index (χ1) is 12.2. The number of rotatable bonds is 4. The van der Waals surface area contributed by atoms with E-state index in [0.29, 0.717) is 5.69 Å². The maximum atomic E-state index is 13.9. The number of hydrogen-bond donors (Lipinski definition) is 1. The molecule has 0 bridgehead atoms. The van der Waals surface area contributed by atoms with Gasteiger partial charge in [0, 0.05) is 57.3 Å². The fraction of sp³-hybridized carbons (Fsp3) is 0.444. The summed E-state index contributed by atoms with van der Waals surface area (Å²) in [4.78, 5) is 14.3. The van der Waals surface area contributed by atoms with E-state index in [-0.39, 0.29) is 5.82 Å². The van der Waals surface area contributed by atoms with Crippen molar-refractivity contribution in [1.82, 2.24) is 15.2 Å². The second-order valence-electron chi connectivity index (χ2n) is 6.01. The van der Waals surface area contributed by atoms with Crippen molar-refractivity contribution in [2.75, 3.05) is 44.7 Å². The van der Waals surface area contributed by atoms with E-state index in [1.165, 1.54) is 10.9 Å². The van der Waals surface area contributed by atoms with Gasteiger partial charge in [-0.05, 0) is 19.1 Å². The fourth-order valence-electron chi connectivity index (χ4n) is 3.00. The van der Waals surface area contributed by atoms with Crippen molar-refractivity contribution in [3.8, 4) is 0 Å². The molecule has 0 saturated carbocycles. The number of piperazine rings is 1. The van der Waals surface area contributed by atoms with Crippen LogP contribution in [0.25, 0.3) is 0 Å². The molecule has 1 aliphatic heterocycles. The van der Waals surface area contributed by atoms with E-state index in [1.54, 1.807) is 24.5 Å². The zero-order chi connectivity index (χ0) is 17.6. The Hall–Kier alpha value is -2.15. The predicted molar refractivity (Wildman–Crippen MR) is 102 cm³/mol. The highest BCUT2D eigenvalue weighted by molar-refractivity contribution is 7.11. The van der Waals surface area contributed by atoms with Gasteiger partial charge in [-0.1, -0.05) is 12.1 Å². The molecule has 0 aliphatic carbocycles. The van der Waals surface area contributed by atoms with Crippen LogP contribution in [-0.2, 0) is 6.42 Å². The minimum absolute atomic E-state index is 0.155. The summed E-state index contributed by atoms with van der Waals surface area (Å²) in [6.45, 7) is 6.10. The third kappa shape index (κ3) is 4.48. The Morgan fingerprint density at radius 2 is 2.04 bits per heavy atom. The van der Waals surface area contributed by atoms with Crippen LogP contribution in [0.15, 0.2) is 35.5 Å². The molecule has 0 spiro atoms. The van der Waals surface area contributed by atoms with Gasteiger partial charge in [0.2, 0.25) is 0 Å². The molecule has 5 nitrogen and oxygen atoms in total. The van der Waals surface area contributed by atoms with E-state index in [2.05, 4.69) is 32.0 Å². The summed E-state index contributed by atoms with van der Waals surface area (Å²) in [5.41, 5.74) is 0.684. The van der Waals surface area contributed by atoms with Crippen molar-refractivity contribution in [2.45, 2.75) is 13.3 Å². The van der Waals surface area contributed by atoms with Crippen molar-refractivity contribution >= 4 is 23.0 Å². The molecule has 25 heavy (non-hydrogen) atoms. The van der Waals surface area contributed by atoms with Crippen LogP contribution in [0.4, 0.5) is 10.1 Å². The largest absolute Gasteiger partial charge is 0.366 e. The molecule has 0 amide bonds. The highest BCUT2D eigenvalue weighted by atomic mass is 32.1. The lowest BCUT2D eigenvalue weighted by molar-refractivity contribution is 0.371. The van der Waals surface area contributed by atoms with Crippen LogP contribution in [0.3, 0.4) is 0 Å². The predicted octanol–water partition coefficient (Wildman–Crippen LogP) is 2.53. The summed E-state index contributed by atoms with van der Waals surface area (Å²) in [6, 6.07) is 6.97. The maximum Gasteiger partial charge on any atom is 0.193 e. The molecule has 1 fully saturated rings. The number of halogens is 1. The summed E-state index contributed by atoms with van der Waals surface area (Å²) in [5.74, 6) is 0.749. The third-order valence-corrected chi connectivity index (χ3v) is 5.25. The van der Waals surface area contributed by atoms with Gasteiger partial charge in [0.25, 0.3) is 0 Å². The highest BCUT2D eigenvalue weighted by Crippen LogP contribution is 2.20. The monoisotopic (exact) mass is 361 g/mol. The standard InChI is InChI=1S/C18H24FN5S/c1-14-13-22-17(25-14)7-8-21-18(20-2)24-11-9-23(10-12-24)16-6-4-3-5-15(16)19/h3-6,13H,7-12H2,1-2H3,(H,20,21). The summed E-state index contributed by atoms with van der Waals surface area (Å²) < 4.78 is 13.9. The number of nitrogens with one attached hydrogen (secondary N) is 1. The van der Waals surface area contributed by atoms with Crippen LogP contribution in [-0.4, -0.2) is 55.6 Å². The Morgan fingerprint density at radius 3 is 2.68 bits per heavy atom. The van der Waals surface area contributed by atoms with E-state index in [9.17, 15) is 4.39 Å². The number of nitrogens with zero attached hydrogens (tertiary/aromatic N) is 4. The van der Waals surface area contributed by atoms with Crippen molar-refractivity contribution in [2.24, 2.45) is 4.99 Å². The van der Waals surface area contributed by atoms with Gasteiger partial charge < -0.3 is 15.1 Å². The lowest BCUT2D eigenvalue weighted by Gasteiger charge is -2.37. The molecule has 1 N–H and O–H groups in total. The maximum absolute atomic E-state index is 13.9. The van der Waals surface area contributed by atoms with Gasteiger partial charge in [0.1, 0.15) is 5.82 Å². The summed E-state index contributed by atoms with van der Waals surface area (Å²) in [5, 5.41) is 4.56. The van der Waals surface area contributed by atoms with Gasteiger partial charge >= 0.3 is 0 Å². The molecule has 3 rings (SSSR count). The van der Waals surface area contributed by atoms with E-state index >= 15 is 0 Å². The molecule has 0 radical (unpaired) electrons. The number of hydrogen-bond acceptors (Lipinski definition) is 4. The third-order valence-electron chi connectivity index (χ3n) is 4.28. The summed E-state index contributed by atoms with van der Waals surface area (Å²) >= 11 is 1.74. The minimum atomic E-state index is -0.155. The van der Waals surface area contributed by atoms with Crippen LogP contribution in [0, 0.1) is 12.7 Å². The van der Waals surface area contributed by atoms with Crippen LogP contribution < -0.4 is 10.2 Å². The van der Waals surface area contributed by atoms with Crippen molar-refractivity contribution in [3.63, 3.8) is 0 Å². The first-order valence-electron chi connectivity index (χ1n) is 8.54. The Bertz CT molecular complexity index is 722. The fourth-order valence-corrected chi connectivity index (χ4v) is 3.78. The molecule has 1 aliphatic rings. The molecule has 1 aromatic heterocycles. The molecular weight excluding hydrogens is 337 g/mol. The van der Waals surface area contributed by atoms with Gasteiger partial charge in [-0.15, -0.1) is 11.3 Å². The SMILES string of the molecule is CN=C(NCCc1ncc(C)s1)N1CCN(c2ccccc2F)CC1. The second kappa shape index (κ2) is 8.29. The van der Waals surface area contributed by atoms with Gasteiger partial charge in [0.15, 0.2) is 5.96 Å². The van der Waals surface area contributed by atoms with Gasteiger partial charge in [-0.25, -0.2) is 9.37 Å². The Kier molecular flexibility index (Phi) is 5.86. The van der Waals surface area contributed by atoms with E-state index in [0.717, 1.165) is 50.1 Å². The molecule has 7 heteroatoms. The molecule has 1 saturated heterocycles. The van der Waals surface area contributed by atoms with Crippen LogP contribution in [0.5, 0.6) is 0 Å². The number of benzene rings is 1. The Balaban J connectivity index is 1.49. The molecule has 2 aromatic rings. The van der Waals surface area contributed by atoms with Crippen LogP contribution in [0.2, 0.25) is 0 Å². The van der Waals surface area contributed by atoms with Crippen molar-refractivity contribution in [1.29, 1.82) is 0 Å². The Morgan fingerprint density at radius 1 is 1.28 bits per heavy atom. The van der Waals surface area contributed by atoms with E-state index < -0.39 is 0 Å². The summed E-state index contributed by atoms with van der Waals surface area (Å²) in [7, 11) is 1.80. The smallest absolute Gasteiger partial charge is 0.193 e. The summed E-state index contributed by atoms with van der Waals surface area (Å²) in [6.07, 6.45) is 2.81. The minimum Gasteiger partial charge on any atom is -0.366 e. The first kappa shape index (κ1) is 17.7. The van der Waals surface area contributed by atoms with Gasteiger partial charge in [0.05, 0.1) is 10.7 Å². The lowest BCUT2D eigenvalue weighted by Crippen LogP contribution is -2.53. The molecule has 0 unspecified atom stereocenters. The number of guanidine groups is 1. The van der Waals surface area contributed by atoms with Crippen molar-refractivity contribution < 1.29 is 4.39 Å². The normalized spacial score (nSPS) is 15.6. The first-order valence-corrected chi connectivity index (χ1v) is 9.35. The van der Waals surface area contributed by atoms with Crippen molar-refractivity contribution in [3.05, 3.63) is 46.2 Å². The highest BCUT2D eigenvalue weighted by Gasteiger charge is 2.21. The second-order valence-corrected chi connectivity index (χ2v) is 7.33. The van der Waals surface area contributed by atoms with E-state index in [4.69, 9.17) is 0 Å². The quantitative estimate of drug-likeness (QED) is 0.671. The number of para-hydroxylation sites is 1. The van der Waals surface area contributed by atoms with Gasteiger partial charge in [-0.2, -0.15) is 0 Å². The number of aliphatic imine (C=N–C) groups is 1. The molecule has 0 atom stereocenters. The van der Waals surface area contributed by atoms with E-state index in [1.807, 2.05) is 18.3 Å². The van der Waals surface area contributed by atoms with Crippen LogP contribution >= 0.6 is 11.3 Å². The number of thiazole rings is 1. The lowest BCUT2D eigenvalue weighted by atomic mass is 10.2. The molecule has 1 aromatic carbocycles. The Labute approximate surface area is 152 Å². The number of aromatic nitrogens is 1.